The maximum Gasteiger partial charge on any atom is 0.404 e. The molecule has 1 amide bonds. The molecule has 0 radical (unpaired) electrons. The summed E-state index contributed by atoms with van der Waals surface area (Å²) in [7, 11) is 0. The van der Waals surface area contributed by atoms with Crippen LogP contribution in [0.15, 0.2) is 72.8 Å². The third kappa shape index (κ3) is 5.10. The van der Waals surface area contributed by atoms with Gasteiger partial charge in [0.15, 0.2) is 5.82 Å². The first-order valence-corrected chi connectivity index (χ1v) is 12.3. The number of rotatable bonds is 6. The van der Waals surface area contributed by atoms with Gasteiger partial charge in [-0.15, -0.1) is 0 Å². The number of fused-ring (bicyclic) bond motifs is 1. The van der Waals surface area contributed by atoms with Gasteiger partial charge in [0.05, 0.1) is 11.1 Å². The normalized spacial score (nSPS) is 16.6. The predicted octanol–water partition coefficient (Wildman–Crippen LogP) is 5.41. The molecule has 2 unspecified atom stereocenters. The molecule has 3 aromatic carbocycles. The second-order valence-electron chi connectivity index (χ2n) is 9.50. The Hall–Kier alpha value is -4.13. The highest BCUT2D eigenvalue weighted by atomic mass is 16.4. The van der Waals surface area contributed by atoms with Crippen molar-refractivity contribution in [1.82, 2.24) is 15.3 Å². The summed E-state index contributed by atoms with van der Waals surface area (Å²) in [5, 5.41) is 23.8. The van der Waals surface area contributed by atoms with Crippen LogP contribution in [0.5, 0.6) is 5.75 Å². The summed E-state index contributed by atoms with van der Waals surface area (Å²) in [6, 6.07) is 23.0. The van der Waals surface area contributed by atoms with Gasteiger partial charge in [0.2, 0.25) is 0 Å². The van der Waals surface area contributed by atoms with Crippen LogP contribution in [0, 0.1) is 12.8 Å². The molecule has 0 saturated carbocycles. The number of hydrogen-bond acceptors (Lipinski definition) is 5. The summed E-state index contributed by atoms with van der Waals surface area (Å²) in [4.78, 5) is 23.6. The summed E-state index contributed by atoms with van der Waals surface area (Å²) in [6.45, 7) is 3.53. The van der Waals surface area contributed by atoms with Crippen LogP contribution in [-0.4, -0.2) is 45.4 Å². The number of nitrogens with one attached hydrogen (secondary N) is 1. The van der Waals surface area contributed by atoms with E-state index < -0.39 is 6.09 Å². The number of benzene rings is 3. The second kappa shape index (κ2) is 10.2. The summed E-state index contributed by atoms with van der Waals surface area (Å²) in [5.74, 6) is 1.56. The van der Waals surface area contributed by atoms with E-state index in [0.717, 1.165) is 47.2 Å². The smallest absolute Gasteiger partial charge is 0.404 e. The van der Waals surface area contributed by atoms with Gasteiger partial charge in [-0.3, -0.25) is 0 Å². The summed E-state index contributed by atoms with van der Waals surface area (Å²) in [6.07, 6.45) is 1.50. The van der Waals surface area contributed by atoms with Gasteiger partial charge >= 0.3 is 6.09 Å². The molecule has 0 aliphatic carbocycles. The Bertz CT molecular complexity index is 1380. The zero-order valence-electron chi connectivity index (χ0n) is 20.3. The Labute approximate surface area is 210 Å². The fourth-order valence-electron chi connectivity index (χ4n) is 5.14. The van der Waals surface area contributed by atoms with Gasteiger partial charge in [-0.25, -0.2) is 14.8 Å². The minimum atomic E-state index is -1.00. The minimum Gasteiger partial charge on any atom is -0.507 e. The third-order valence-corrected chi connectivity index (χ3v) is 6.91. The van der Waals surface area contributed by atoms with E-state index in [2.05, 4.69) is 22.3 Å². The Morgan fingerprint density at radius 3 is 2.64 bits per heavy atom. The summed E-state index contributed by atoms with van der Waals surface area (Å²) < 4.78 is 0. The average molecular weight is 483 g/mol. The molecule has 0 bridgehead atoms. The van der Waals surface area contributed by atoms with Gasteiger partial charge in [-0.05, 0) is 67.5 Å². The first-order chi connectivity index (χ1) is 17.5. The number of para-hydroxylation sites is 1. The minimum absolute atomic E-state index is 0.124. The molecule has 2 atom stereocenters. The molecule has 7 nitrogen and oxygen atoms in total. The Morgan fingerprint density at radius 1 is 1.08 bits per heavy atom. The third-order valence-electron chi connectivity index (χ3n) is 6.91. The van der Waals surface area contributed by atoms with E-state index in [-0.39, 0.29) is 17.7 Å². The lowest BCUT2D eigenvalue weighted by molar-refractivity contribution is 0.181. The topological polar surface area (TPSA) is 98.6 Å². The average Bonchev–Trinajstić information content (AvgIpc) is 2.88. The van der Waals surface area contributed by atoms with Crippen LogP contribution in [0.4, 0.5) is 10.6 Å². The van der Waals surface area contributed by atoms with Gasteiger partial charge in [0.1, 0.15) is 11.6 Å². The molecule has 2 heterocycles. The molecular formula is C29H30N4O3. The molecule has 1 saturated heterocycles. The fraction of sp³-hybridized carbons (Fsp3) is 0.276. The van der Waals surface area contributed by atoms with Crippen molar-refractivity contribution in [2.45, 2.75) is 32.2 Å². The van der Waals surface area contributed by atoms with Gasteiger partial charge in [0.25, 0.3) is 0 Å². The standard InChI is InChI=1S/C29H30N4O3/c1-19-13-14-22-25(16-19)30-27(23-11-5-6-12-26(23)34)32-28(22)33-15-7-10-21(18-33)24(31-29(35)36)17-20-8-3-2-4-9-20/h2-6,8-9,11-14,16,21,24,31,34H,7,10,15,17-18H2,1H3,(H,35,36). The number of phenolic OH excluding ortho intramolecular Hbond substituents is 1. The van der Waals surface area contributed by atoms with E-state index in [9.17, 15) is 15.0 Å². The zero-order valence-corrected chi connectivity index (χ0v) is 20.3. The Kier molecular flexibility index (Phi) is 6.71. The molecular weight excluding hydrogens is 452 g/mol. The van der Waals surface area contributed by atoms with Crippen molar-refractivity contribution in [1.29, 1.82) is 0 Å². The number of aromatic hydroxyl groups is 1. The lowest BCUT2D eigenvalue weighted by Gasteiger charge is -2.38. The monoisotopic (exact) mass is 482 g/mol. The van der Waals surface area contributed by atoms with E-state index in [1.165, 1.54) is 0 Å². The number of aromatic nitrogens is 2. The van der Waals surface area contributed by atoms with Crippen LogP contribution < -0.4 is 10.2 Å². The summed E-state index contributed by atoms with van der Waals surface area (Å²) >= 11 is 0. The Balaban J connectivity index is 1.51. The number of carbonyl (C=O) groups is 1. The molecule has 7 heteroatoms. The number of aryl methyl sites for hydroxylation is 1. The SMILES string of the molecule is Cc1ccc2c(N3CCCC(C(Cc4ccccc4)NC(=O)O)C3)nc(-c3ccccc3O)nc2c1. The van der Waals surface area contributed by atoms with Crippen LogP contribution in [0.25, 0.3) is 22.3 Å². The molecule has 1 aromatic heterocycles. The van der Waals surface area contributed by atoms with Crippen molar-refractivity contribution in [3.63, 3.8) is 0 Å². The maximum absolute atomic E-state index is 11.7. The lowest BCUT2D eigenvalue weighted by Crippen LogP contribution is -2.48. The molecule has 3 N–H and O–H groups in total. The molecule has 1 fully saturated rings. The van der Waals surface area contributed by atoms with Gasteiger partial charge in [-0.1, -0.05) is 48.5 Å². The number of phenols is 1. The summed E-state index contributed by atoms with van der Waals surface area (Å²) in [5.41, 5.74) is 3.62. The first-order valence-electron chi connectivity index (χ1n) is 12.3. The first kappa shape index (κ1) is 23.6. The van der Waals surface area contributed by atoms with Crippen LogP contribution in [0.3, 0.4) is 0 Å². The van der Waals surface area contributed by atoms with Crippen molar-refractivity contribution in [3.8, 4) is 17.1 Å². The molecule has 1 aliphatic rings. The van der Waals surface area contributed by atoms with Crippen LogP contribution >= 0.6 is 0 Å². The number of piperidine rings is 1. The van der Waals surface area contributed by atoms with Crippen LogP contribution in [0.1, 0.15) is 24.0 Å². The van der Waals surface area contributed by atoms with Crippen molar-refractivity contribution < 1.29 is 15.0 Å². The fourth-order valence-corrected chi connectivity index (χ4v) is 5.14. The highest BCUT2D eigenvalue weighted by molar-refractivity contribution is 5.92. The van der Waals surface area contributed by atoms with Crippen molar-refractivity contribution in [2.24, 2.45) is 5.92 Å². The molecule has 184 valence electrons. The van der Waals surface area contributed by atoms with E-state index in [4.69, 9.17) is 9.97 Å². The van der Waals surface area contributed by atoms with E-state index in [1.54, 1.807) is 12.1 Å². The van der Waals surface area contributed by atoms with Crippen LogP contribution in [0.2, 0.25) is 0 Å². The van der Waals surface area contributed by atoms with Crippen LogP contribution in [-0.2, 0) is 6.42 Å². The highest BCUT2D eigenvalue weighted by Crippen LogP contribution is 2.34. The highest BCUT2D eigenvalue weighted by Gasteiger charge is 2.30. The number of amides is 1. The quantitative estimate of drug-likeness (QED) is 0.340. The van der Waals surface area contributed by atoms with Crippen molar-refractivity contribution >= 4 is 22.8 Å². The maximum atomic E-state index is 11.7. The van der Waals surface area contributed by atoms with E-state index in [1.807, 2.05) is 55.5 Å². The van der Waals surface area contributed by atoms with Gasteiger partial charge < -0.3 is 20.4 Å². The largest absolute Gasteiger partial charge is 0.507 e. The molecule has 5 rings (SSSR count). The molecule has 0 spiro atoms. The number of carboxylic acid groups (broad SMARTS) is 1. The number of hydrogen-bond donors (Lipinski definition) is 3. The Morgan fingerprint density at radius 2 is 1.86 bits per heavy atom. The van der Waals surface area contributed by atoms with Crippen molar-refractivity contribution in [2.75, 3.05) is 18.0 Å². The van der Waals surface area contributed by atoms with E-state index in [0.29, 0.717) is 24.4 Å². The van der Waals surface area contributed by atoms with Gasteiger partial charge in [-0.2, -0.15) is 0 Å². The second-order valence-corrected chi connectivity index (χ2v) is 9.50. The predicted molar refractivity (Wildman–Crippen MR) is 141 cm³/mol. The lowest BCUT2D eigenvalue weighted by atomic mass is 9.87. The molecule has 1 aliphatic heterocycles. The zero-order chi connectivity index (χ0) is 25.1. The van der Waals surface area contributed by atoms with Gasteiger partial charge in [0, 0.05) is 24.5 Å². The molecule has 4 aromatic rings. The van der Waals surface area contributed by atoms with E-state index >= 15 is 0 Å². The molecule has 36 heavy (non-hydrogen) atoms. The number of nitrogens with zero attached hydrogens (tertiary/aromatic N) is 3. The van der Waals surface area contributed by atoms with Crippen molar-refractivity contribution in [3.05, 3.63) is 83.9 Å². The number of anilines is 1.